The number of amides is 1. The van der Waals surface area contributed by atoms with Crippen LogP contribution in [0.3, 0.4) is 0 Å². The summed E-state index contributed by atoms with van der Waals surface area (Å²) in [6.07, 6.45) is 0. The zero-order valence-corrected chi connectivity index (χ0v) is 13.1. The summed E-state index contributed by atoms with van der Waals surface area (Å²) in [5, 5.41) is 7.13. The largest absolute Gasteiger partial charge is 0.478 e. The van der Waals surface area contributed by atoms with E-state index in [9.17, 15) is 4.79 Å². The number of hydrogen-bond donors (Lipinski definition) is 1. The van der Waals surface area contributed by atoms with Gasteiger partial charge in [-0.25, -0.2) is 0 Å². The Balaban J connectivity index is 2.13. The third-order valence-corrected chi connectivity index (χ3v) is 3.22. The van der Waals surface area contributed by atoms with Crippen molar-refractivity contribution in [2.24, 2.45) is 0 Å². The number of nitrogens with one attached hydrogen (secondary N) is 1. The maximum atomic E-state index is 12.4. The van der Waals surface area contributed by atoms with Gasteiger partial charge in [-0.3, -0.25) is 4.79 Å². The van der Waals surface area contributed by atoms with Crippen molar-refractivity contribution in [2.75, 3.05) is 5.32 Å². The molecule has 1 heterocycles. The van der Waals surface area contributed by atoms with Crippen LogP contribution < -0.4 is 10.1 Å². The lowest BCUT2D eigenvalue weighted by atomic mass is 10.1. The highest BCUT2D eigenvalue weighted by molar-refractivity contribution is 6.30. The molecule has 2 rings (SSSR count). The van der Waals surface area contributed by atoms with Crippen LogP contribution in [0.5, 0.6) is 5.75 Å². The van der Waals surface area contributed by atoms with Gasteiger partial charge < -0.3 is 14.6 Å². The van der Waals surface area contributed by atoms with Crippen molar-refractivity contribution in [1.29, 1.82) is 0 Å². The molecule has 1 N–H and O–H groups in total. The molecular weight excluding hydrogens is 292 g/mol. The number of benzene rings is 1. The number of carbonyl (C=O) groups is 1. The molecule has 0 aliphatic heterocycles. The molecule has 0 saturated carbocycles. The van der Waals surface area contributed by atoms with Crippen LogP contribution in [0.1, 0.15) is 25.3 Å². The minimum absolute atomic E-state index is 0.295. The van der Waals surface area contributed by atoms with Crippen molar-refractivity contribution in [3.63, 3.8) is 0 Å². The second-order valence-electron chi connectivity index (χ2n) is 5.22. The van der Waals surface area contributed by atoms with Gasteiger partial charge in [0.1, 0.15) is 17.1 Å². The summed E-state index contributed by atoms with van der Waals surface area (Å²) in [6.45, 7) is 6.86. The predicted molar refractivity (Wildman–Crippen MR) is 80.8 cm³/mol. The number of rotatable bonds is 4. The smallest absolute Gasteiger partial charge is 0.268 e. The summed E-state index contributed by atoms with van der Waals surface area (Å²) in [7, 11) is 0. The summed E-state index contributed by atoms with van der Waals surface area (Å²) < 4.78 is 10.7. The molecule has 21 heavy (non-hydrogen) atoms. The second-order valence-corrected chi connectivity index (χ2v) is 5.66. The summed E-state index contributed by atoms with van der Waals surface area (Å²) >= 11 is 5.91. The standard InChI is InChI=1S/C15H17ClN2O3/c1-9-13(10(2)21-18-9)17-14(19)15(3,4)20-12-7-5-6-11(16)8-12/h5-8H,1-4H3,(H,17,19). The van der Waals surface area contributed by atoms with Crippen molar-refractivity contribution >= 4 is 23.2 Å². The van der Waals surface area contributed by atoms with Crippen LogP contribution in [-0.2, 0) is 4.79 Å². The molecular formula is C15H17ClN2O3. The van der Waals surface area contributed by atoms with E-state index in [1.165, 1.54) is 0 Å². The highest BCUT2D eigenvalue weighted by atomic mass is 35.5. The van der Waals surface area contributed by atoms with Crippen molar-refractivity contribution < 1.29 is 14.1 Å². The molecule has 0 bridgehead atoms. The van der Waals surface area contributed by atoms with E-state index in [-0.39, 0.29) is 5.91 Å². The first-order valence-electron chi connectivity index (χ1n) is 6.48. The molecule has 0 spiro atoms. The number of carbonyl (C=O) groups excluding carboxylic acids is 1. The van der Waals surface area contributed by atoms with Crippen molar-refractivity contribution in [2.45, 2.75) is 33.3 Å². The number of ether oxygens (including phenoxy) is 1. The Morgan fingerprint density at radius 1 is 1.38 bits per heavy atom. The number of aryl methyl sites for hydroxylation is 2. The molecule has 112 valence electrons. The van der Waals surface area contributed by atoms with Gasteiger partial charge in [-0.1, -0.05) is 22.8 Å². The number of halogens is 1. The van der Waals surface area contributed by atoms with Gasteiger partial charge in [-0.2, -0.15) is 0 Å². The molecule has 0 unspecified atom stereocenters. The van der Waals surface area contributed by atoms with Crippen LogP contribution >= 0.6 is 11.6 Å². The minimum atomic E-state index is -1.07. The Bertz CT molecular complexity index is 645. The highest BCUT2D eigenvalue weighted by Crippen LogP contribution is 2.25. The molecule has 0 aliphatic rings. The maximum absolute atomic E-state index is 12.4. The average Bonchev–Trinajstić information content (AvgIpc) is 2.70. The van der Waals surface area contributed by atoms with Gasteiger partial charge in [0, 0.05) is 5.02 Å². The van der Waals surface area contributed by atoms with E-state index in [0.29, 0.717) is 27.9 Å². The van der Waals surface area contributed by atoms with Crippen molar-refractivity contribution in [1.82, 2.24) is 5.16 Å². The van der Waals surface area contributed by atoms with Crippen LogP contribution in [-0.4, -0.2) is 16.7 Å². The summed E-state index contributed by atoms with van der Waals surface area (Å²) in [5.41, 5.74) is 0.128. The van der Waals surface area contributed by atoms with E-state index in [4.69, 9.17) is 20.9 Å². The van der Waals surface area contributed by atoms with E-state index >= 15 is 0 Å². The van der Waals surface area contributed by atoms with Crippen molar-refractivity contribution in [3.05, 3.63) is 40.7 Å². The van der Waals surface area contributed by atoms with E-state index < -0.39 is 5.60 Å². The Morgan fingerprint density at radius 3 is 2.67 bits per heavy atom. The predicted octanol–water partition coefficient (Wildman–Crippen LogP) is 3.74. The fraction of sp³-hybridized carbons (Fsp3) is 0.333. The van der Waals surface area contributed by atoms with Crippen LogP contribution in [0.2, 0.25) is 5.02 Å². The third-order valence-electron chi connectivity index (χ3n) is 2.99. The lowest BCUT2D eigenvalue weighted by molar-refractivity contribution is -0.128. The fourth-order valence-corrected chi connectivity index (χ4v) is 1.98. The third kappa shape index (κ3) is 3.55. The monoisotopic (exact) mass is 308 g/mol. The molecule has 1 amide bonds. The fourth-order valence-electron chi connectivity index (χ4n) is 1.80. The first-order chi connectivity index (χ1) is 9.79. The first kappa shape index (κ1) is 15.4. The van der Waals surface area contributed by atoms with Crippen molar-refractivity contribution in [3.8, 4) is 5.75 Å². The molecule has 0 saturated heterocycles. The molecule has 2 aromatic rings. The van der Waals surface area contributed by atoms with Gasteiger partial charge in [0.2, 0.25) is 0 Å². The number of anilines is 1. The molecule has 0 aliphatic carbocycles. The maximum Gasteiger partial charge on any atom is 0.268 e. The minimum Gasteiger partial charge on any atom is -0.478 e. The van der Waals surface area contributed by atoms with Gasteiger partial charge >= 0.3 is 0 Å². The Kier molecular flexibility index (Phi) is 4.23. The van der Waals surface area contributed by atoms with Crippen LogP contribution in [0.25, 0.3) is 0 Å². The molecule has 6 heteroatoms. The van der Waals surface area contributed by atoms with Gasteiger partial charge in [0.25, 0.3) is 5.91 Å². The second kappa shape index (κ2) is 5.77. The van der Waals surface area contributed by atoms with E-state index in [1.54, 1.807) is 52.0 Å². The van der Waals surface area contributed by atoms with Crippen LogP contribution in [0, 0.1) is 13.8 Å². The van der Waals surface area contributed by atoms with E-state index in [1.807, 2.05) is 0 Å². The zero-order chi connectivity index (χ0) is 15.6. The molecule has 1 aromatic heterocycles. The zero-order valence-electron chi connectivity index (χ0n) is 12.4. The lowest BCUT2D eigenvalue weighted by Crippen LogP contribution is -2.42. The van der Waals surface area contributed by atoms with Gasteiger partial charge in [0.05, 0.1) is 0 Å². The Labute approximate surface area is 128 Å². The highest BCUT2D eigenvalue weighted by Gasteiger charge is 2.31. The first-order valence-corrected chi connectivity index (χ1v) is 6.86. The van der Waals surface area contributed by atoms with Crippen LogP contribution in [0.4, 0.5) is 5.69 Å². The number of hydrogen-bond acceptors (Lipinski definition) is 4. The quantitative estimate of drug-likeness (QED) is 0.934. The lowest BCUT2D eigenvalue weighted by Gasteiger charge is -2.25. The average molecular weight is 309 g/mol. The molecule has 0 fully saturated rings. The van der Waals surface area contributed by atoms with E-state index in [0.717, 1.165) is 0 Å². The Hall–Kier alpha value is -2.01. The number of aromatic nitrogens is 1. The summed E-state index contributed by atoms with van der Waals surface area (Å²) in [5.74, 6) is 0.790. The summed E-state index contributed by atoms with van der Waals surface area (Å²) in [6, 6.07) is 6.91. The van der Waals surface area contributed by atoms with Gasteiger partial charge in [-0.05, 0) is 45.9 Å². The van der Waals surface area contributed by atoms with E-state index in [2.05, 4.69) is 10.5 Å². The molecule has 0 atom stereocenters. The van der Waals surface area contributed by atoms with Gasteiger partial charge in [0.15, 0.2) is 11.4 Å². The molecule has 5 nitrogen and oxygen atoms in total. The number of nitrogens with zero attached hydrogens (tertiary/aromatic N) is 1. The topological polar surface area (TPSA) is 64.4 Å². The molecule has 0 radical (unpaired) electrons. The Morgan fingerprint density at radius 2 is 2.10 bits per heavy atom. The summed E-state index contributed by atoms with van der Waals surface area (Å²) in [4.78, 5) is 12.4. The molecule has 1 aromatic carbocycles. The normalized spacial score (nSPS) is 11.3. The SMILES string of the molecule is Cc1noc(C)c1NC(=O)C(C)(C)Oc1cccc(Cl)c1. The van der Waals surface area contributed by atoms with Crippen LogP contribution in [0.15, 0.2) is 28.8 Å². The van der Waals surface area contributed by atoms with Gasteiger partial charge in [-0.15, -0.1) is 0 Å².